The Morgan fingerprint density at radius 2 is 2.21 bits per heavy atom. The summed E-state index contributed by atoms with van der Waals surface area (Å²) in [5.74, 6) is -0.0111. The van der Waals surface area contributed by atoms with E-state index < -0.39 is 11.4 Å². The van der Waals surface area contributed by atoms with E-state index in [0.29, 0.717) is 17.3 Å². The molecule has 0 saturated heterocycles. The maximum absolute atomic E-state index is 13.6. The summed E-state index contributed by atoms with van der Waals surface area (Å²) in [7, 11) is 0. The maximum atomic E-state index is 13.6. The van der Waals surface area contributed by atoms with E-state index in [4.69, 9.17) is 11.6 Å². The Hall–Kier alpha value is -1.29. The molecule has 102 valence electrons. The Labute approximate surface area is 116 Å². The number of nitrogens with one attached hydrogen (secondary N) is 2. The Bertz CT molecular complexity index is 548. The van der Waals surface area contributed by atoms with Crippen molar-refractivity contribution in [2.24, 2.45) is 5.92 Å². The van der Waals surface area contributed by atoms with E-state index in [1.165, 1.54) is 12.1 Å². The first-order valence-electron chi connectivity index (χ1n) is 6.59. The largest absolute Gasteiger partial charge is 0.369 e. The van der Waals surface area contributed by atoms with Crippen molar-refractivity contribution in [2.45, 2.75) is 38.1 Å². The fraction of sp³-hybridized carbons (Fsp3) is 0.500. The highest BCUT2D eigenvalue weighted by Crippen LogP contribution is 2.42. The van der Waals surface area contributed by atoms with E-state index in [1.807, 2.05) is 0 Å². The van der Waals surface area contributed by atoms with Crippen LogP contribution >= 0.6 is 11.6 Å². The van der Waals surface area contributed by atoms with Gasteiger partial charge in [-0.3, -0.25) is 4.79 Å². The first-order valence-corrected chi connectivity index (χ1v) is 6.97. The smallest absolute Gasteiger partial charge is 0.250 e. The predicted octanol–water partition coefficient (Wildman–Crippen LogP) is 3.79. The van der Waals surface area contributed by atoms with Gasteiger partial charge >= 0.3 is 0 Å². The van der Waals surface area contributed by atoms with Crippen molar-refractivity contribution in [1.29, 1.82) is 0 Å². The summed E-state index contributed by atoms with van der Waals surface area (Å²) in [5.41, 5.74) is 0.584. The highest BCUT2D eigenvalue weighted by atomic mass is 35.5. The Balaban J connectivity index is 1.99. The van der Waals surface area contributed by atoms with E-state index in [9.17, 15) is 9.18 Å². The molecule has 1 saturated carbocycles. The number of benzene rings is 1. The maximum Gasteiger partial charge on any atom is 0.250 e. The third kappa shape index (κ3) is 2.08. The Morgan fingerprint density at radius 3 is 2.95 bits per heavy atom. The molecule has 1 aromatic carbocycles. The van der Waals surface area contributed by atoms with Crippen LogP contribution in [0.2, 0.25) is 5.02 Å². The van der Waals surface area contributed by atoms with Crippen LogP contribution in [0.5, 0.6) is 0 Å². The zero-order valence-electron chi connectivity index (χ0n) is 10.7. The van der Waals surface area contributed by atoms with Gasteiger partial charge in [0.2, 0.25) is 5.91 Å². The fourth-order valence-corrected chi connectivity index (χ4v) is 3.34. The Kier molecular flexibility index (Phi) is 2.93. The number of rotatable bonds is 0. The van der Waals surface area contributed by atoms with Gasteiger partial charge in [0.25, 0.3) is 0 Å². The first kappa shape index (κ1) is 12.7. The van der Waals surface area contributed by atoms with Crippen LogP contribution < -0.4 is 10.6 Å². The Morgan fingerprint density at radius 1 is 1.42 bits per heavy atom. The van der Waals surface area contributed by atoms with Crippen molar-refractivity contribution >= 4 is 28.9 Å². The average Bonchev–Trinajstić information content (AvgIpc) is 2.34. The summed E-state index contributed by atoms with van der Waals surface area (Å²) in [6, 6.07) is 2.81. The van der Waals surface area contributed by atoms with Gasteiger partial charge in [-0.2, -0.15) is 0 Å². The van der Waals surface area contributed by atoms with Crippen LogP contribution in [0.15, 0.2) is 12.1 Å². The van der Waals surface area contributed by atoms with E-state index in [1.54, 1.807) is 0 Å². The van der Waals surface area contributed by atoms with Crippen LogP contribution in [0.1, 0.15) is 32.6 Å². The van der Waals surface area contributed by atoms with Crippen molar-refractivity contribution in [1.82, 2.24) is 0 Å². The van der Waals surface area contributed by atoms with Gasteiger partial charge in [-0.25, -0.2) is 4.39 Å². The molecule has 1 fully saturated rings. The molecule has 5 heteroatoms. The molecule has 0 aromatic heterocycles. The number of hydrogen-bond acceptors (Lipinski definition) is 2. The monoisotopic (exact) mass is 282 g/mol. The zero-order valence-corrected chi connectivity index (χ0v) is 11.5. The van der Waals surface area contributed by atoms with Crippen molar-refractivity contribution < 1.29 is 9.18 Å². The second-order valence-electron chi connectivity index (χ2n) is 5.67. The van der Waals surface area contributed by atoms with Gasteiger partial charge in [-0.05, 0) is 24.8 Å². The topological polar surface area (TPSA) is 41.1 Å². The molecule has 1 spiro atoms. The summed E-state index contributed by atoms with van der Waals surface area (Å²) in [6.45, 7) is 2.15. The lowest BCUT2D eigenvalue weighted by Crippen LogP contribution is -2.54. The van der Waals surface area contributed by atoms with Gasteiger partial charge in [0.1, 0.15) is 11.4 Å². The van der Waals surface area contributed by atoms with Crippen molar-refractivity contribution in [3.8, 4) is 0 Å². The molecule has 19 heavy (non-hydrogen) atoms. The van der Waals surface area contributed by atoms with Crippen LogP contribution in [-0.2, 0) is 4.79 Å². The molecule has 1 heterocycles. The minimum Gasteiger partial charge on any atom is -0.369 e. The average molecular weight is 283 g/mol. The molecule has 1 aliphatic carbocycles. The fourth-order valence-electron chi connectivity index (χ4n) is 3.18. The molecular formula is C14H16ClFN2O. The minimum absolute atomic E-state index is 0.0220. The molecule has 1 aromatic rings. The van der Waals surface area contributed by atoms with Gasteiger partial charge in [0, 0.05) is 6.07 Å². The van der Waals surface area contributed by atoms with Gasteiger partial charge in [-0.15, -0.1) is 0 Å². The SMILES string of the molecule is CC1CCCC2(C1)Nc1cc(F)c(Cl)cc1NC2=O. The molecule has 3 nitrogen and oxygen atoms in total. The number of fused-ring (bicyclic) bond motifs is 1. The van der Waals surface area contributed by atoms with Crippen molar-refractivity contribution in [3.05, 3.63) is 23.0 Å². The lowest BCUT2D eigenvalue weighted by atomic mass is 9.74. The van der Waals surface area contributed by atoms with Gasteiger partial charge < -0.3 is 10.6 Å². The van der Waals surface area contributed by atoms with Crippen LogP contribution in [-0.4, -0.2) is 11.4 Å². The second-order valence-corrected chi connectivity index (χ2v) is 6.08. The van der Waals surface area contributed by atoms with E-state index in [2.05, 4.69) is 17.6 Å². The molecule has 0 radical (unpaired) electrons. The number of carbonyl (C=O) groups excluding carboxylic acids is 1. The van der Waals surface area contributed by atoms with Crippen LogP contribution in [0.3, 0.4) is 0 Å². The number of hydrogen-bond donors (Lipinski definition) is 2. The van der Waals surface area contributed by atoms with E-state index in [0.717, 1.165) is 25.7 Å². The summed E-state index contributed by atoms with van der Waals surface area (Å²) < 4.78 is 13.6. The lowest BCUT2D eigenvalue weighted by Gasteiger charge is -2.43. The number of carbonyl (C=O) groups is 1. The van der Waals surface area contributed by atoms with Gasteiger partial charge in [-0.1, -0.05) is 31.4 Å². The summed E-state index contributed by atoms with van der Waals surface area (Å²) in [4.78, 5) is 12.4. The lowest BCUT2D eigenvalue weighted by molar-refractivity contribution is -0.122. The minimum atomic E-state index is -0.592. The third-order valence-electron chi connectivity index (χ3n) is 4.11. The molecule has 1 amide bonds. The number of amides is 1. The summed E-state index contributed by atoms with van der Waals surface area (Å²) >= 11 is 5.74. The molecule has 2 N–H and O–H groups in total. The molecule has 0 bridgehead atoms. The highest BCUT2D eigenvalue weighted by molar-refractivity contribution is 6.31. The van der Waals surface area contributed by atoms with Crippen LogP contribution in [0, 0.1) is 11.7 Å². The number of anilines is 2. The summed E-state index contributed by atoms with van der Waals surface area (Å²) in [6.07, 6.45) is 3.71. The van der Waals surface area contributed by atoms with Gasteiger partial charge in [0.05, 0.1) is 16.4 Å². The molecule has 1 aliphatic heterocycles. The van der Waals surface area contributed by atoms with Crippen molar-refractivity contribution in [3.63, 3.8) is 0 Å². The van der Waals surface area contributed by atoms with Crippen molar-refractivity contribution in [2.75, 3.05) is 10.6 Å². The zero-order chi connectivity index (χ0) is 13.6. The van der Waals surface area contributed by atoms with Gasteiger partial charge in [0.15, 0.2) is 0 Å². The molecule has 2 unspecified atom stereocenters. The summed E-state index contributed by atoms with van der Waals surface area (Å²) in [5, 5.41) is 6.13. The third-order valence-corrected chi connectivity index (χ3v) is 4.40. The van der Waals surface area contributed by atoms with Crippen LogP contribution in [0.25, 0.3) is 0 Å². The predicted molar refractivity (Wildman–Crippen MR) is 74.0 cm³/mol. The number of halogens is 2. The van der Waals surface area contributed by atoms with E-state index >= 15 is 0 Å². The molecule has 2 atom stereocenters. The highest BCUT2D eigenvalue weighted by Gasteiger charge is 2.44. The van der Waals surface area contributed by atoms with Crippen LogP contribution in [0.4, 0.5) is 15.8 Å². The quantitative estimate of drug-likeness (QED) is 0.760. The standard InChI is InChI=1S/C14H16ClFN2O/c1-8-3-2-4-14(7-8)13(19)17-11-5-9(15)10(16)6-12(11)18-14/h5-6,8,18H,2-4,7H2,1H3,(H,17,19). The molecular weight excluding hydrogens is 267 g/mol. The molecule has 2 aliphatic rings. The first-order chi connectivity index (χ1) is 9.00. The van der Waals surface area contributed by atoms with E-state index in [-0.39, 0.29) is 10.9 Å². The normalized spacial score (nSPS) is 29.6. The molecule has 3 rings (SSSR count). The second kappa shape index (κ2) is 4.37.